The van der Waals surface area contributed by atoms with Gasteiger partial charge in [0, 0.05) is 53.7 Å². The number of furan rings is 1. The van der Waals surface area contributed by atoms with E-state index in [2.05, 4.69) is 53.5 Å². The first-order valence-corrected chi connectivity index (χ1v) is 11.0. The molecule has 0 saturated carbocycles. The minimum atomic E-state index is 0. The standard InChI is InChI=1S/C23H26N4OS.2ClH/c1-16-12-20-22(21-18(4-3-8-24-21)13-25-23(20)29-16)27-10-9-26(2)19(14-27)6-5-17-7-11-28-15-17;;/h3-4,7-8,11-13,15,19,25H,5-6,9-10,14H2,1-2H3;2*1H. The number of nitrogens with zero attached hydrogens (tertiary/aromatic N) is 3. The lowest BCUT2D eigenvalue weighted by atomic mass is 10.0. The minimum Gasteiger partial charge on any atom is -0.472 e. The van der Waals surface area contributed by atoms with Crippen molar-refractivity contribution in [3.63, 3.8) is 0 Å². The van der Waals surface area contributed by atoms with Crippen LogP contribution in [-0.4, -0.2) is 47.5 Å². The molecule has 1 atom stereocenters. The van der Waals surface area contributed by atoms with Crippen LogP contribution in [-0.2, 0) is 6.42 Å². The van der Waals surface area contributed by atoms with Crippen LogP contribution >= 0.6 is 36.2 Å². The number of piperazine rings is 1. The Balaban J connectivity index is 0.00000136. The monoisotopic (exact) mass is 478 g/mol. The topological polar surface area (TPSA) is 44.5 Å². The lowest BCUT2D eigenvalue weighted by molar-refractivity contribution is 0.128. The van der Waals surface area contributed by atoms with Crippen molar-refractivity contribution in [3.8, 4) is 0 Å². The third-order valence-corrected chi connectivity index (χ3v) is 6.95. The molecule has 1 fully saturated rings. The van der Waals surface area contributed by atoms with Gasteiger partial charge in [-0.15, -0.1) is 36.2 Å². The van der Waals surface area contributed by atoms with Gasteiger partial charge >= 0.3 is 0 Å². The van der Waals surface area contributed by atoms with E-state index in [1.165, 1.54) is 26.7 Å². The number of pyridine rings is 1. The van der Waals surface area contributed by atoms with Gasteiger partial charge in [0.2, 0.25) is 0 Å². The van der Waals surface area contributed by atoms with Gasteiger partial charge in [-0.25, -0.2) is 0 Å². The molecule has 0 bridgehead atoms. The average molecular weight is 479 g/mol. The van der Waals surface area contributed by atoms with Crippen LogP contribution in [0.1, 0.15) is 22.4 Å². The Labute approximate surface area is 199 Å². The maximum absolute atomic E-state index is 5.25. The van der Waals surface area contributed by atoms with Gasteiger partial charge in [0.1, 0.15) is 5.00 Å². The molecule has 2 aliphatic rings. The predicted molar refractivity (Wildman–Crippen MR) is 133 cm³/mol. The molecule has 2 aliphatic heterocycles. The Bertz CT molecular complexity index is 1130. The van der Waals surface area contributed by atoms with Crippen molar-refractivity contribution in [1.82, 2.24) is 14.8 Å². The van der Waals surface area contributed by atoms with Crippen LogP contribution < -0.4 is 15.9 Å². The predicted octanol–water partition coefficient (Wildman–Crippen LogP) is 3.46. The van der Waals surface area contributed by atoms with Crippen LogP contribution in [0, 0.1) is 6.92 Å². The zero-order valence-corrected chi connectivity index (χ0v) is 20.2. The number of halogens is 2. The summed E-state index contributed by atoms with van der Waals surface area (Å²) >= 11 is 1.81. The molecule has 5 rings (SSSR count). The maximum Gasteiger partial charge on any atom is 0.102 e. The number of nitrogens with one attached hydrogen (secondary N) is 1. The van der Waals surface area contributed by atoms with Gasteiger partial charge in [0.05, 0.1) is 23.6 Å². The van der Waals surface area contributed by atoms with Gasteiger partial charge in [-0.05, 0) is 56.6 Å². The van der Waals surface area contributed by atoms with Gasteiger partial charge < -0.3 is 14.6 Å². The van der Waals surface area contributed by atoms with Gasteiger partial charge in [-0.3, -0.25) is 9.88 Å². The number of aromatic nitrogens is 1. The van der Waals surface area contributed by atoms with Crippen molar-refractivity contribution < 1.29 is 4.42 Å². The van der Waals surface area contributed by atoms with Crippen LogP contribution in [0.25, 0.3) is 11.9 Å². The van der Waals surface area contributed by atoms with Crippen LogP contribution in [0.3, 0.4) is 0 Å². The highest BCUT2D eigenvalue weighted by Crippen LogP contribution is 2.35. The first-order valence-electron chi connectivity index (χ1n) is 10.2. The van der Waals surface area contributed by atoms with E-state index >= 15 is 0 Å². The van der Waals surface area contributed by atoms with Crippen LogP contribution in [0.15, 0.2) is 47.4 Å². The van der Waals surface area contributed by atoms with E-state index in [-0.39, 0.29) is 24.8 Å². The van der Waals surface area contributed by atoms with E-state index in [9.17, 15) is 0 Å². The molecule has 5 heterocycles. The Morgan fingerprint density at radius 2 is 2.13 bits per heavy atom. The molecule has 0 aliphatic carbocycles. The van der Waals surface area contributed by atoms with Gasteiger partial charge in [-0.1, -0.05) is 0 Å². The van der Waals surface area contributed by atoms with Gasteiger partial charge in [0.15, 0.2) is 0 Å². The first-order chi connectivity index (χ1) is 14.2. The van der Waals surface area contributed by atoms with Crippen LogP contribution in [0.2, 0.25) is 0 Å². The summed E-state index contributed by atoms with van der Waals surface area (Å²) in [6, 6.07) is 9.03. The largest absolute Gasteiger partial charge is 0.472 e. The average Bonchev–Trinajstić information content (AvgIpc) is 3.34. The number of fused-ring (bicyclic) bond motifs is 2. The van der Waals surface area contributed by atoms with E-state index in [0.717, 1.165) is 43.0 Å². The summed E-state index contributed by atoms with van der Waals surface area (Å²) in [6.45, 7) is 5.25. The normalized spacial score (nSPS) is 17.9. The highest BCUT2D eigenvalue weighted by atomic mass is 35.5. The molecule has 1 unspecified atom stereocenters. The quantitative estimate of drug-likeness (QED) is 0.621. The van der Waals surface area contributed by atoms with Crippen molar-refractivity contribution in [3.05, 3.63) is 69.6 Å². The van der Waals surface area contributed by atoms with Crippen molar-refractivity contribution in [2.45, 2.75) is 25.8 Å². The van der Waals surface area contributed by atoms with Crippen LogP contribution in [0.5, 0.6) is 0 Å². The van der Waals surface area contributed by atoms with Gasteiger partial charge in [0.25, 0.3) is 0 Å². The molecule has 3 aromatic rings. The fourth-order valence-electron chi connectivity index (χ4n) is 4.35. The molecule has 0 radical (unpaired) electrons. The van der Waals surface area contributed by atoms with E-state index < -0.39 is 0 Å². The highest BCUT2D eigenvalue weighted by molar-refractivity contribution is 7.16. The van der Waals surface area contributed by atoms with E-state index in [1.54, 1.807) is 6.26 Å². The first kappa shape index (κ1) is 23.7. The molecule has 0 spiro atoms. The third-order valence-electron chi connectivity index (χ3n) is 5.97. The number of likely N-dealkylation sites (N-methyl/N-ethyl adjacent to an activating group) is 1. The summed E-state index contributed by atoms with van der Waals surface area (Å²) in [5.41, 5.74) is 3.82. The summed E-state index contributed by atoms with van der Waals surface area (Å²) in [4.78, 5) is 11.2. The smallest absolute Gasteiger partial charge is 0.102 e. The third kappa shape index (κ3) is 4.77. The van der Waals surface area contributed by atoms with Crippen molar-refractivity contribution in [2.75, 3.05) is 32.0 Å². The molecule has 3 aromatic heterocycles. The number of aryl methyl sites for hydroxylation is 2. The van der Waals surface area contributed by atoms with E-state index in [1.807, 2.05) is 29.9 Å². The Morgan fingerprint density at radius 1 is 1.26 bits per heavy atom. The summed E-state index contributed by atoms with van der Waals surface area (Å²) in [6.07, 6.45) is 9.79. The molecule has 8 heteroatoms. The van der Waals surface area contributed by atoms with E-state index in [4.69, 9.17) is 9.40 Å². The highest BCUT2D eigenvalue weighted by Gasteiger charge is 2.29. The molecule has 1 saturated heterocycles. The number of thiophene rings is 1. The molecular weight excluding hydrogens is 451 g/mol. The number of rotatable bonds is 4. The van der Waals surface area contributed by atoms with Gasteiger partial charge in [-0.2, -0.15) is 0 Å². The second-order valence-corrected chi connectivity index (χ2v) is 9.19. The second-order valence-electron chi connectivity index (χ2n) is 7.93. The van der Waals surface area contributed by atoms with Crippen LogP contribution in [0.4, 0.5) is 5.00 Å². The SMILES string of the molecule is Cc1cc2c(s1)NC=c1cccnc1=C2N1CCN(C)C(CCc2ccoc2)C1.Cl.Cl. The second kappa shape index (κ2) is 10.1. The summed E-state index contributed by atoms with van der Waals surface area (Å²) in [5.74, 6) is 0. The zero-order valence-electron chi connectivity index (χ0n) is 17.7. The Morgan fingerprint density at radius 3 is 2.94 bits per heavy atom. The van der Waals surface area contributed by atoms with Crippen molar-refractivity contribution in [1.29, 1.82) is 0 Å². The molecule has 31 heavy (non-hydrogen) atoms. The molecule has 1 N–H and O–H groups in total. The molecule has 166 valence electrons. The van der Waals surface area contributed by atoms with E-state index in [0.29, 0.717) is 6.04 Å². The summed E-state index contributed by atoms with van der Waals surface area (Å²) < 4.78 is 5.25. The number of anilines is 1. The molecule has 5 nitrogen and oxygen atoms in total. The number of hydrogen-bond acceptors (Lipinski definition) is 6. The lowest BCUT2D eigenvalue weighted by Gasteiger charge is -2.41. The Kier molecular flexibility index (Phi) is 7.70. The molecule has 0 aromatic carbocycles. The van der Waals surface area contributed by atoms with Crippen molar-refractivity contribution in [2.24, 2.45) is 0 Å². The maximum atomic E-state index is 5.25. The lowest BCUT2D eigenvalue weighted by Crippen LogP contribution is -2.52. The van der Waals surface area contributed by atoms with Crippen molar-refractivity contribution >= 4 is 53.0 Å². The Hall–Kier alpha value is -1.99. The summed E-state index contributed by atoms with van der Waals surface area (Å²) in [7, 11) is 2.25. The minimum absolute atomic E-state index is 0. The molecule has 0 amide bonds. The fraction of sp³-hybridized carbons (Fsp3) is 0.348. The molecular formula is C23H28Cl2N4OS. The summed E-state index contributed by atoms with van der Waals surface area (Å²) in [5, 5.41) is 6.96. The zero-order chi connectivity index (χ0) is 19.8. The number of hydrogen-bond donors (Lipinski definition) is 1. The fourth-order valence-corrected chi connectivity index (χ4v) is 5.23.